The van der Waals surface area contributed by atoms with Gasteiger partial charge in [0.2, 0.25) is 0 Å². The number of pyridine rings is 1. The highest BCUT2D eigenvalue weighted by molar-refractivity contribution is 5.59. The van der Waals surface area contributed by atoms with Crippen molar-refractivity contribution in [2.24, 2.45) is 0 Å². The monoisotopic (exact) mass is 271 g/mol. The summed E-state index contributed by atoms with van der Waals surface area (Å²) in [4.78, 5) is 13.6. The number of hydrogen-bond donors (Lipinski definition) is 1. The van der Waals surface area contributed by atoms with E-state index in [9.17, 15) is 18.0 Å². The zero-order valence-corrected chi connectivity index (χ0v) is 10.4. The molecule has 7 heteroatoms. The number of halogens is 3. The van der Waals surface area contributed by atoms with Crippen LogP contribution in [0.5, 0.6) is 0 Å². The molecule has 2 aromatic heterocycles. The van der Waals surface area contributed by atoms with Crippen LogP contribution in [0.4, 0.5) is 13.2 Å². The number of rotatable bonds is 2. The summed E-state index contributed by atoms with van der Waals surface area (Å²) in [6, 6.07) is 3.70. The average Bonchev–Trinajstić information content (AvgIpc) is 2.69. The molecular formula is C12H12F3N3O. The van der Waals surface area contributed by atoms with Crippen molar-refractivity contribution < 1.29 is 13.2 Å². The van der Waals surface area contributed by atoms with Crippen molar-refractivity contribution in [3.8, 4) is 11.3 Å². The highest BCUT2D eigenvalue weighted by atomic mass is 19.4. The van der Waals surface area contributed by atoms with Gasteiger partial charge in [-0.1, -0.05) is 0 Å². The van der Waals surface area contributed by atoms with Crippen LogP contribution < -0.4 is 5.56 Å². The summed E-state index contributed by atoms with van der Waals surface area (Å²) in [5.74, 6) is 0. The van der Waals surface area contributed by atoms with E-state index < -0.39 is 17.4 Å². The SMILES string of the molecule is CCn1nc(C)cc1-c1ccc(C(F)(F)F)[nH]c1=O. The molecule has 0 aliphatic rings. The van der Waals surface area contributed by atoms with Crippen LogP contribution in [0.25, 0.3) is 11.3 Å². The lowest BCUT2D eigenvalue weighted by atomic mass is 10.1. The number of aryl methyl sites for hydroxylation is 2. The number of aromatic amines is 1. The van der Waals surface area contributed by atoms with Crippen molar-refractivity contribution in [1.82, 2.24) is 14.8 Å². The Balaban J connectivity index is 2.55. The summed E-state index contributed by atoms with van der Waals surface area (Å²) >= 11 is 0. The number of hydrogen-bond acceptors (Lipinski definition) is 2. The second kappa shape index (κ2) is 4.56. The maximum atomic E-state index is 12.5. The molecule has 0 bridgehead atoms. The summed E-state index contributed by atoms with van der Waals surface area (Å²) in [7, 11) is 0. The van der Waals surface area contributed by atoms with Crippen molar-refractivity contribution in [3.63, 3.8) is 0 Å². The Morgan fingerprint density at radius 1 is 1.37 bits per heavy atom. The second-order valence-corrected chi connectivity index (χ2v) is 4.10. The number of alkyl halides is 3. The molecule has 0 radical (unpaired) electrons. The lowest BCUT2D eigenvalue weighted by Crippen LogP contribution is -2.18. The van der Waals surface area contributed by atoms with Crippen LogP contribution in [0.15, 0.2) is 23.0 Å². The van der Waals surface area contributed by atoms with Crippen LogP contribution in [-0.2, 0) is 12.7 Å². The van der Waals surface area contributed by atoms with Gasteiger partial charge >= 0.3 is 6.18 Å². The minimum atomic E-state index is -4.56. The summed E-state index contributed by atoms with van der Waals surface area (Å²) in [5, 5.41) is 4.16. The molecule has 2 heterocycles. The Morgan fingerprint density at radius 2 is 2.05 bits per heavy atom. The molecule has 19 heavy (non-hydrogen) atoms. The molecule has 0 aliphatic heterocycles. The molecule has 0 aliphatic carbocycles. The van der Waals surface area contributed by atoms with E-state index in [1.54, 1.807) is 17.7 Å². The lowest BCUT2D eigenvalue weighted by Gasteiger charge is -2.08. The van der Waals surface area contributed by atoms with E-state index in [2.05, 4.69) is 5.10 Å². The largest absolute Gasteiger partial charge is 0.431 e. The third kappa shape index (κ3) is 2.54. The van der Waals surface area contributed by atoms with Crippen LogP contribution in [0.1, 0.15) is 18.3 Å². The van der Waals surface area contributed by atoms with Gasteiger partial charge in [0.1, 0.15) is 5.69 Å². The van der Waals surface area contributed by atoms with Crippen molar-refractivity contribution in [3.05, 3.63) is 39.9 Å². The van der Waals surface area contributed by atoms with E-state index in [0.717, 1.165) is 6.07 Å². The highest BCUT2D eigenvalue weighted by Crippen LogP contribution is 2.27. The fourth-order valence-corrected chi connectivity index (χ4v) is 1.84. The molecule has 0 saturated heterocycles. The predicted octanol–water partition coefficient (Wildman–Crippen LogP) is 2.59. The fourth-order valence-electron chi connectivity index (χ4n) is 1.84. The maximum Gasteiger partial charge on any atom is 0.431 e. The van der Waals surface area contributed by atoms with Crippen LogP contribution >= 0.6 is 0 Å². The van der Waals surface area contributed by atoms with E-state index in [0.29, 0.717) is 17.9 Å². The molecule has 0 fully saturated rings. The van der Waals surface area contributed by atoms with Gasteiger partial charge in [-0.15, -0.1) is 0 Å². The van der Waals surface area contributed by atoms with Crippen molar-refractivity contribution >= 4 is 0 Å². The molecule has 4 nitrogen and oxygen atoms in total. The summed E-state index contributed by atoms with van der Waals surface area (Å²) in [6.45, 7) is 4.13. The first kappa shape index (κ1) is 13.4. The van der Waals surface area contributed by atoms with E-state index in [1.165, 1.54) is 6.07 Å². The van der Waals surface area contributed by atoms with E-state index in [4.69, 9.17) is 0 Å². The van der Waals surface area contributed by atoms with Gasteiger partial charge in [-0.05, 0) is 32.0 Å². The van der Waals surface area contributed by atoms with Crippen molar-refractivity contribution in [1.29, 1.82) is 0 Å². The molecule has 0 unspecified atom stereocenters. The molecule has 2 aromatic rings. The number of nitrogens with zero attached hydrogens (tertiary/aromatic N) is 2. The van der Waals surface area contributed by atoms with Gasteiger partial charge in [0.05, 0.1) is 17.0 Å². The van der Waals surface area contributed by atoms with E-state index >= 15 is 0 Å². The van der Waals surface area contributed by atoms with Crippen LogP contribution in [0, 0.1) is 6.92 Å². The molecule has 0 saturated carbocycles. The van der Waals surface area contributed by atoms with Crippen LogP contribution in [-0.4, -0.2) is 14.8 Å². The Bertz CT molecular complexity index is 655. The Hall–Kier alpha value is -2.05. The lowest BCUT2D eigenvalue weighted by molar-refractivity contribution is -0.141. The van der Waals surface area contributed by atoms with Crippen LogP contribution in [0.2, 0.25) is 0 Å². The van der Waals surface area contributed by atoms with E-state index in [-0.39, 0.29) is 5.56 Å². The normalized spacial score (nSPS) is 11.8. The standard InChI is InChI=1S/C12H12F3N3O/c1-3-18-9(6-7(2)17-18)8-4-5-10(12(13,14)15)16-11(8)19/h4-6H,3H2,1-2H3,(H,16,19). The Kier molecular flexibility index (Phi) is 3.21. The topological polar surface area (TPSA) is 50.7 Å². The Morgan fingerprint density at radius 3 is 2.58 bits per heavy atom. The minimum Gasteiger partial charge on any atom is -0.318 e. The van der Waals surface area contributed by atoms with Gasteiger partial charge in [-0.2, -0.15) is 18.3 Å². The number of nitrogens with one attached hydrogen (secondary N) is 1. The molecule has 2 rings (SSSR count). The quantitative estimate of drug-likeness (QED) is 0.912. The summed E-state index contributed by atoms with van der Waals surface area (Å²) < 4.78 is 39.0. The van der Waals surface area contributed by atoms with Gasteiger partial charge in [0.15, 0.2) is 0 Å². The van der Waals surface area contributed by atoms with Gasteiger partial charge in [-0.25, -0.2) is 0 Å². The highest BCUT2D eigenvalue weighted by Gasteiger charge is 2.32. The zero-order valence-electron chi connectivity index (χ0n) is 10.4. The average molecular weight is 271 g/mol. The van der Waals surface area contributed by atoms with Crippen molar-refractivity contribution in [2.75, 3.05) is 0 Å². The van der Waals surface area contributed by atoms with Gasteiger partial charge in [0.25, 0.3) is 5.56 Å². The first-order chi connectivity index (χ1) is 8.82. The molecule has 1 N–H and O–H groups in total. The first-order valence-corrected chi connectivity index (χ1v) is 5.68. The number of H-pyrrole nitrogens is 1. The smallest absolute Gasteiger partial charge is 0.318 e. The van der Waals surface area contributed by atoms with Gasteiger partial charge < -0.3 is 4.98 Å². The fraction of sp³-hybridized carbons (Fsp3) is 0.333. The summed E-state index contributed by atoms with van der Waals surface area (Å²) in [6.07, 6.45) is -4.56. The third-order valence-corrected chi connectivity index (χ3v) is 2.69. The summed E-state index contributed by atoms with van der Waals surface area (Å²) in [5.41, 5.74) is -0.438. The van der Waals surface area contributed by atoms with E-state index in [1.807, 2.05) is 11.9 Å². The first-order valence-electron chi connectivity index (χ1n) is 5.68. The second-order valence-electron chi connectivity index (χ2n) is 4.10. The van der Waals surface area contributed by atoms with Crippen molar-refractivity contribution in [2.45, 2.75) is 26.6 Å². The Labute approximate surface area is 106 Å². The molecule has 0 aromatic carbocycles. The number of aromatic nitrogens is 3. The molecule has 102 valence electrons. The maximum absolute atomic E-state index is 12.5. The zero-order chi connectivity index (χ0) is 14.2. The third-order valence-electron chi connectivity index (χ3n) is 2.69. The molecule has 0 atom stereocenters. The molecule has 0 amide bonds. The minimum absolute atomic E-state index is 0.176. The molecular weight excluding hydrogens is 259 g/mol. The van der Waals surface area contributed by atoms with Gasteiger partial charge in [-0.3, -0.25) is 9.48 Å². The van der Waals surface area contributed by atoms with Crippen LogP contribution in [0.3, 0.4) is 0 Å². The van der Waals surface area contributed by atoms with Gasteiger partial charge in [0, 0.05) is 6.54 Å². The molecule has 0 spiro atoms. The predicted molar refractivity (Wildman–Crippen MR) is 63.7 cm³/mol.